The van der Waals surface area contributed by atoms with Crippen LogP contribution in [-0.2, 0) is 0 Å². The second-order valence-corrected chi connectivity index (χ2v) is 5.70. The maximum Gasteiger partial charge on any atom is 0.203 e. The number of furan rings is 1. The van der Waals surface area contributed by atoms with E-state index in [0.717, 1.165) is 20.9 Å². The quantitative estimate of drug-likeness (QED) is 0.553. The average Bonchev–Trinajstić information content (AvgIpc) is 3.11. The van der Waals surface area contributed by atoms with Crippen molar-refractivity contribution in [3.05, 3.63) is 58.3 Å². The van der Waals surface area contributed by atoms with Crippen LogP contribution < -0.4 is 5.43 Å². The summed E-state index contributed by atoms with van der Waals surface area (Å²) in [5.74, 6) is 0.696. The second-order valence-electron chi connectivity index (χ2n) is 3.93. The highest BCUT2D eigenvalue weighted by Gasteiger charge is 2.03. The summed E-state index contributed by atoms with van der Waals surface area (Å²) in [7, 11) is 0. The predicted molar refractivity (Wildman–Crippen MR) is 85.2 cm³/mol. The number of aromatic nitrogens is 1. The van der Waals surface area contributed by atoms with Crippen molar-refractivity contribution in [3.63, 3.8) is 0 Å². The standard InChI is InChI=1S/C14H10BrN3OS/c15-11-5-3-10(4-6-11)13-9-20-14(17-13)18-16-8-12-2-1-7-19-12/h1-9H,(H,17,18). The molecule has 3 rings (SSSR count). The molecule has 6 heteroatoms. The van der Waals surface area contributed by atoms with E-state index in [9.17, 15) is 0 Å². The van der Waals surface area contributed by atoms with Gasteiger partial charge in [-0.2, -0.15) is 5.10 Å². The van der Waals surface area contributed by atoms with Gasteiger partial charge in [0.25, 0.3) is 0 Å². The van der Waals surface area contributed by atoms with Gasteiger partial charge in [-0.1, -0.05) is 28.1 Å². The van der Waals surface area contributed by atoms with Crippen molar-refractivity contribution in [2.45, 2.75) is 0 Å². The highest BCUT2D eigenvalue weighted by Crippen LogP contribution is 2.25. The molecule has 0 aliphatic heterocycles. The van der Waals surface area contributed by atoms with Crippen molar-refractivity contribution >= 4 is 38.6 Å². The first-order valence-electron chi connectivity index (χ1n) is 5.85. The summed E-state index contributed by atoms with van der Waals surface area (Å²) >= 11 is 4.93. The van der Waals surface area contributed by atoms with E-state index < -0.39 is 0 Å². The van der Waals surface area contributed by atoms with Crippen LogP contribution in [0.4, 0.5) is 5.13 Å². The molecule has 1 aromatic carbocycles. The van der Waals surface area contributed by atoms with E-state index in [1.165, 1.54) is 11.3 Å². The van der Waals surface area contributed by atoms with E-state index in [0.29, 0.717) is 5.76 Å². The van der Waals surface area contributed by atoms with Gasteiger partial charge in [-0.05, 0) is 24.3 Å². The van der Waals surface area contributed by atoms with Crippen molar-refractivity contribution in [1.82, 2.24) is 4.98 Å². The molecule has 0 atom stereocenters. The Morgan fingerprint density at radius 2 is 2.10 bits per heavy atom. The van der Waals surface area contributed by atoms with Gasteiger partial charge in [-0.3, -0.25) is 5.43 Å². The van der Waals surface area contributed by atoms with Gasteiger partial charge in [-0.15, -0.1) is 11.3 Å². The highest BCUT2D eigenvalue weighted by molar-refractivity contribution is 9.10. The molecule has 4 nitrogen and oxygen atoms in total. The van der Waals surface area contributed by atoms with Gasteiger partial charge in [-0.25, -0.2) is 4.98 Å². The van der Waals surface area contributed by atoms with E-state index >= 15 is 0 Å². The van der Waals surface area contributed by atoms with Gasteiger partial charge >= 0.3 is 0 Å². The Morgan fingerprint density at radius 3 is 2.85 bits per heavy atom. The van der Waals surface area contributed by atoms with Gasteiger partial charge in [0, 0.05) is 15.4 Å². The van der Waals surface area contributed by atoms with Crippen LogP contribution >= 0.6 is 27.3 Å². The van der Waals surface area contributed by atoms with Crippen LogP contribution in [0, 0.1) is 0 Å². The summed E-state index contributed by atoms with van der Waals surface area (Å²) in [5, 5.41) is 6.81. The maximum atomic E-state index is 5.15. The van der Waals surface area contributed by atoms with Crippen molar-refractivity contribution in [1.29, 1.82) is 0 Å². The third kappa shape index (κ3) is 3.15. The molecular weight excluding hydrogens is 338 g/mol. The normalized spacial score (nSPS) is 11.1. The van der Waals surface area contributed by atoms with Crippen molar-refractivity contribution in [3.8, 4) is 11.3 Å². The fourth-order valence-electron chi connectivity index (χ4n) is 1.59. The van der Waals surface area contributed by atoms with E-state index in [4.69, 9.17) is 4.42 Å². The molecule has 100 valence electrons. The molecule has 1 N–H and O–H groups in total. The first-order chi connectivity index (χ1) is 9.81. The number of hydrogen-bond acceptors (Lipinski definition) is 5. The lowest BCUT2D eigenvalue weighted by Gasteiger charge is -1.96. The van der Waals surface area contributed by atoms with Crippen molar-refractivity contribution in [2.24, 2.45) is 5.10 Å². The number of halogens is 1. The highest BCUT2D eigenvalue weighted by atomic mass is 79.9. The Balaban J connectivity index is 1.69. The molecule has 0 aliphatic rings. The van der Waals surface area contributed by atoms with Crippen LogP contribution in [0.5, 0.6) is 0 Å². The predicted octanol–water partition coefficient (Wildman–Crippen LogP) is 4.61. The summed E-state index contributed by atoms with van der Waals surface area (Å²) in [6.07, 6.45) is 3.22. The smallest absolute Gasteiger partial charge is 0.203 e. The number of rotatable bonds is 4. The Bertz CT molecular complexity index is 704. The Kier molecular flexibility index (Phi) is 3.94. The number of hydrogen-bond donors (Lipinski definition) is 1. The fourth-order valence-corrected chi connectivity index (χ4v) is 2.53. The number of anilines is 1. The van der Waals surface area contributed by atoms with Crippen LogP contribution in [0.15, 0.2) is 62.0 Å². The largest absolute Gasteiger partial charge is 0.463 e. The number of nitrogens with one attached hydrogen (secondary N) is 1. The van der Waals surface area contributed by atoms with Gasteiger partial charge in [0.05, 0.1) is 18.2 Å². The topological polar surface area (TPSA) is 50.4 Å². The van der Waals surface area contributed by atoms with Gasteiger partial charge < -0.3 is 4.42 Å². The Hall–Kier alpha value is -1.92. The second kappa shape index (κ2) is 6.02. The van der Waals surface area contributed by atoms with E-state index in [1.54, 1.807) is 12.5 Å². The number of benzene rings is 1. The van der Waals surface area contributed by atoms with Crippen molar-refractivity contribution < 1.29 is 4.42 Å². The molecular formula is C14H10BrN3OS. The SMILES string of the molecule is Brc1ccc(-c2csc(NN=Cc3ccco3)n2)cc1. The van der Waals surface area contributed by atoms with Crippen LogP contribution in [-0.4, -0.2) is 11.2 Å². The summed E-state index contributed by atoms with van der Waals surface area (Å²) in [6.45, 7) is 0. The molecule has 0 spiro atoms. The first kappa shape index (κ1) is 13.1. The third-order valence-electron chi connectivity index (χ3n) is 2.54. The summed E-state index contributed by atoms with van der Waals surface area (Å²) < 4.78 is 6.20. The van der Waals surface area contributed by atoms with E-state index in [-0.39, 0.29) is 0 Å². The zero-order valence-corrected chi connectivity index (χ0v) is 12.7. The van der Waals surface area contributed by atoms with Crippen molar-refractivity contribution in [2.75, 3.05) is 5.43 Å². The lowest BCUT2D eigenvalue weighted by atomic mass is 10.2. The zero-order chi connectivity index (χ0) is 13.8. The van der Waals surface area contributed by atoms with Crippen LogP contribution in [0.1, 0.15) is 5.76 Å². The van der Waals surface area contributed by atoms with E-state index in [1.807, 2.05) is 41.8 Å². The number of nitrogens with zero attached hydrogens (tertiary/aromatic N) is 2. The summed E-state index contributed by atoms with van der Waals surface area (Å²) in [5.41, 5.74) is 4.90. The lowest BCUT2D eigenvalue weighted by molar-refractivity contribution is 0.560. The van der Waals surface area contributed by atoms with Crippen LogP contribution in [0.3, 0.4) is 0 Å². The first-order valence-corrected chi connectivity index (χ1v) is 7.52. The van der Waals surface area contributed by atoms with Gasteiger partial charge in [0.1, 0.15) is 5.76 Å². The van der Waals surface area contributed by atoms with Crippen LogP contribution in [0.25, 0.3) is 11.3 Å². The summed E-state index contributed by atoms with van der Waals surface area (Å²) in [4.78, 5) is 4.48. The summed E-state index contributed by atoms with van der Waals surface area (Å²) in [6, 6.07) is 11.7. The molecule has 2 heterocycles. The molecule has 2 aromatic heterocycles. The van der Waals surface area contributed by atoms with Gasteiger partial charge in [0.15, 0.2) is 0 Å². The van der Waals surface area contributed by atoms with Crippen LogP contribution in [0.2, 0.25) is 0 Å². The Morgan fingerprint density at radius 1 is 1.25 bits per heavy atom. The molecule has 20 heavy (non-hydrogen) atoms. The maximum absolute atomic E-state index is 5.15. The van der Waals surface area contributed by atoms with Gasteiger partial charge in [0.2, 0.25) is 5.13 Å². The molecule has 0 unspecified atom stereocenters. The number of hydrazone groups is 1. The molecule has 3 aromatic rings. The minimum atomic E-state index is 0.696. The molecule has 0 amide bonds. The molecule has 0 aliphatic carbocycles. The van der Waals surface area contributed by atoms with E-state index in [2.05, 4.69) is 31.4 Å². The molecule has 0 bridgehead atoms. The Labute approximate surface area is 128 Å². The number of thiazole rings is 1. The molecule has 0 radical (unpaired) electrons. The molecule has 0 saturated carbocycles. The molecule has 0 fully saturated rings. The minimum Gasteiger partial charge on any atom is -0.463 e. The zero-order valence-electron chi connectivity index (χ0n) is 10.3. The average molecular weight is 348 g/mol. The minimum absolute atomic E-state index is 0.696. The lowest BCUT2D eigenvalue weighted by Crippen LogP contribution is -1.89. The third-order valence-corrected chi connectivity index (χ3v) is 3.81. The monoisotopic (exact) mass is 347 g/mol. The fraction of sp³-hybridized carbons (Fsp3) is 0. The molecule has 0 saturated heterocycles.